The zero-order chi connectivity index (χ0) is 35.1. The highest BCUT2D eigenvalue weighted by Gasteiger charge is 2.34. The molecule has 49 heavy (non-hydrogen) atoms. The van der Waals surface area contributed by atoms with Crippen molar-refractivity contribution >= 4 is 41.3 Å². The minimum absolute atomic E-state index is 0.0252. The van der Waals surface area contributed by atoms with Crippen LogP contribution in [-0.2, 0) is 22.4 Å². The fourth-order valence-corrected chi connectivity index (χ4v) is 5.31. The number of benzene rings is 4. The smallest absolute Gasteiger partial charge is 0.336 e. The highest BCUT2D eigenvalue weighted by molar-refractivity contribution is 6.11. The maximum atomic E-state index is 13.1. The molecule has 0 aromatic heterocycles. The monoisotopic (exact) mass is 664 g/mol. The second kappa shape index (κ2) is 14.9. The predicted octanol–water partition coefficient (Wildman–Crippen LogP) is 3.65. The number of aromatic carboxylic acids is 2. The van der Waals surface area contributed by atoms with Gasteiger partial charge in [0.15, 0.2) is 0 Å². The summed E-state index contributed by atoms with van der Waals surface area (Å²) in [6, 6.07) is 22.0. The molecule has 0 saturated carbocycles. The van der Waals surface area contributed by atoms with E-state index in [0.717, 1.165) is 0 Å². The lowest BCUT2D eigenvalue weighted by Crippen LogP contribution is -2.62. The lowest BCUT2D eigenvalue weighted by molar-refractivity contribution is -0.136. The molecular weight excluding hydrogens is 632 g/mol. The van der Waals surface area contributed by atoms with Crippen LogP contribution >= 0.6 is 0 Å². The molecule has 5 rings (SSSR count). The molecular formula is C36H32N4O9. The van der Waals surface area contributed by atoms with Crippen LogP contribution in [0.15, 0.2) is 91.0 Å². The molecule has 2 atom stereocenters. The number of nitrogens with one attached hydrogen (secondary N) is 4. The first kappa shape index (κ1) is 33.9. The Kier molecular flexibility index (Phi) is 10.3. The first-order valence-corrected chi connectivity index (χ1v) is 15.3. The minimum atomic E-state index is -1.35. The van der Waals surface area contributed by atoms with Crippen molar-refractivity contribution in [3.05, 3.63) is 124 Å². The van der Waals surface area contributed by atoms with Crippen molar-refractivity contribution in [2.24, 2.45) is 0 Å². The third-order valence-electron chi connectivity index (χ3n) is 7.69. The standard InChI is InChI=1S/C36H32N4O9/c1-2-37-31(41)25-14-8-20(16-27(25)35(45)46)18-29-33(43)40-30(34(44)39-29)19-21-9-15-26(28(17-21)36(47)48)32(42)38-22-10-12-24(13-11-22)49-23-6-4-3-5-7-23/h3-17,29-30H,2,18-19H2,1H3,(H,37,41)(H,38,42)(H,39,44)(H,40,43)(H,45,46)(H,47,48). The molecule has 0 aliphatic carbocycles. The molecule has 0 bridgehead atoms. The lowest BCUT2D eigenvalue weighted by atomic mass is 9.95. The number of amides is 4. The van der Waals surface area contributed by atoms with Crippen LogP contribution in [0.1, 0.15) is 59.5 Å². The van der Waals surface area contributed by atoms with E-state index in [1.54, 1.807) is 43.3 Å². The normalized spacial score (nSPS) is 15.4. The van der Waals surface area contributed by atoms with Crippen molar-refractivity contribution in [1.29, 1.82) is 0 Å². The molecule has 6 N–H and O–H groups in total. The van der Waals surface area contributed by atoms with Crippen LogP contribution in [0, 0.1) is 0 Å². The fourth-order valence-electron chi connectivity index (χ4n) is 5.31. The van der Waals surface area contributed by atoms with Crippen LogP contribution in [0.4, 0.5) is 5.69 Å². The van der Waals surface area contributed by atoms with Crippen molar-refractivity contribution in [1.82, 2.24) is 16.0 Å². The average Bonchev–Trinajstić information content (AvgIpc) is 3.08. The van der Waals surface area contributed by atoms with Gasteiger partial charge in [-0.05, 0) is 78.7 Å². The van der Waals surface area contributed by atoms with Crippen molar-refractivity contribution < 1.29 is 43.7 Å². The van der Waals surface area contributed by atoms with E-state index in [2.05, 4.69) is 21.3 Å². The summed E-state index contributed by atoms with van der Waals surface area (Å²) >= 11 is 0. The highest BCUT2D eigenvalue weighted by atomic mass is 16.5. The SMILES string of the molecule is CCNC(=O)c1ccc(CC2NC(=O)C(Cc3ccc(C(=O)Nc4ccc(Oc5ccccc5)cc4)c(C(=O)O)c3)NC2=O)cc1C(=O)O. The Bertz CT molecular complexity index is 1930. The van der Waals surface area contributed by atoms with Gasteiger partial charge in [-0.3, -0.25) is 19.2 Å². The summed E-state index contributed by atoms with van der Waals surface area (Å²) in [7, 11) is 0. The summed E-state index contributed by atoms with van der Waals surface area (Å²) in [5.41, 5.74) is 0.577. The average molecular weight is 665 g/mol. The number of hydrogen-bond donors (Lipinski definition) is 6. The van der Waals surface area contributed by atoms with Gasteiger partial charge >= 0.3 is 11.9 Å². The zero-order valence-corrected chi connectivity index (χ0v) is 26.2. The van der Waals surface area contributed by atoms with Crippen molar-refractivity contribution in [2.75, 3.05) is 11.9 Å². The Morgan fingerprint density at radius 3 is 1.63 bits per heavy atom. The minimum Gasteiger partial charge on any atom is -0.478 e. The Labute approximate surface area is 280 Å². The van der Waals surface area contributed by atoms with Crippen molar-refractivity contribution in [3.8, 4) is 11.5 Å². The van der Waals surface area contributed by atoms with E-state index < -0.39 is 47.7 Å². The molecule has 0 radical (unpaired) electrons. The highest BCUT2D eigenvalue weighted by Crippen LogP contribution is 2.24. The Balaban J connectivity index is 1.22. The molecule has 13 heteroatoms. The topological polar surface area (TPSA) is 200 Å². The van der Waals surface area contributed by atoms with Crippen LogP contribution < -0.4 is 26.0 Å². The van der Waals surface area contributed by atoms with Gasteiger partial charge < -0.3 is 36.2 Å². The zero-order valence-electron chi connectivity index (χ0n) is 26.2. The summed E-state index contributed by atoms with van der Waals surface area (Å²) < 4.78 is 5.75. The fraction of sp³-hybridized carbons (Fsp3) is 0.167. The summed E-state index contributed by atoms with van der Waals surface area (Å²) in [5.74, 6) is -3.72. The summed E-state index contributed by atoms with van der Waals surface area (Å²) in [6.07, 6.45) is -0.0876. The number of piperazine rings is 1. The van der Waals surface area contributed by atoms with Crippen LogP contribution in [0.25, 0.3) is 0 Å². The van der Waals surface area contributed by atoms with Crippen LogP contribution in [-0.4, -0.2) is 64.4 Å². The molecule has 1 aliphatic heterocycles. The maximum Gasteiger partial charge on any atom is 0.336 e. The molecule has 1 heterocycles. The van der Waals surface area contributed by atoms with Crippen LogP contribution in [0.2, 0.25) is 0 Å². The number of ether oxygens (including phenoxy) is 1. The van der Waals surface area contributed by atoms with E-state index in [1.807, 2.05) is 18.2 Å². The van der Waals surface area contributed by atoms with Crippen molar-refractivity contribution in [2.45, 2.75) is 31.8 Å². The van der Waals surface area contributed by atoms with Gasteiger partial charge in [0.05, 0.1) is 22.3 Å². The third-order valence-corrected chi connectivity index (χ3v) is 7.69. The molecule has 4 aromatic carbocycles. The van der Waals surface area contributed by atoms with Gasteiger partial charge in [-0.25, -0.2) is 9.59 Å². The largest absolute Gasteiger partial charge is 0.478 e. The number of hydrogen-bond acceptors (Lipinski definition) is 7. The number of carbonyl (C=O) groups is 6. The van der Waals surface area contributed by atoms with Gasteiger partial charge in [0.2, 0.25) is 11.8 Å². The van der Waals surface area contributed by atoms with E-state index in [1.165, 1.54) is 36.4 Å². The molecule has 4 amide bonds. The Hall–Kier alpha value is -6.50. The summed E-state index contributed by atoms with van der Waals surface area (Å²) in [6.45, 7) is 2.02. The maximum absolute atomic E-state index is 13.1. The number of para-hydroxylation sites is 1. The van der Waals surface area contributed by atoms with E-state index in [4.69, 9.17) is 4.74 Å². The Morgan fingerprint density at radius 1 is 0.653 bits per heavy atom. The molecule has 2 unspecified atom stereocenters. The molecule has 0 spiro atoms. The van der Waals surface area contributed by atoms with Crippen LogP contribution in [0.5, 0.6) is 11.5 Å². The summed E-state index contributed by atoms with van der Waals surface area (Å²) in [5, 5.41) is 30.0. The van der Waals surface area contributed by atoms with Crippen molar-refractivity contribution in [3.63, 3.8) is 0 Å². The van der Waals surface area contributed by atoms with Gasteiger partial charge in [0, 0.05) is 25.1 Å². The summed E-state index contributed by atoms with van der Waals surface area (Å²) in [4.78, 5) is 75.2. The van der Waals surface area contributed by atoms with E-state index in [9.17, 15) is 39.0 Å². The molecule has 250 valence electrons. The first-order chi connectivity index (χ1) is 23.5. The molecule has 1 saturated heterocycles. The molecule has 13 nitrogen and oxygen atoms in total. The van der Waals surface area contributed by atoms with Gasteiger partial charge in [0.25, 0.3) is 11.8 Å². The third kappa shape index (κ3) is 8.27. The van der Waals surface area contributed by atoms with Crippen LogP contribution in [0.3, 0.4) is 0 Å². The first-order valence-electron chi connectivity index (χ1n) is 15.3. The van der Waals surface area contributed by atoms with E-state index in [-0.39, 0.29) is 35.1 Å². The van der Waals surface area contributed by atoms with Gasteiger partial charge in [-0.15, -0.1) is 0 Å². The van der Waals surface area contributed by atoms with E-state index in [0.29, 0.717) is 34.9 Å². The molecule has 1 aliphatic rings. The number of carboxylic acids is 2. The second-order valence-electron chi connectivity index (χ2n) is 11.2. The van der Waals surface area contributed by atoms with Gasteiger partial charge in [-0.2, -0.15) is 0 Å². The number of anilines is 1. The van der Waals surface area contributed by atoms with E-state index >= 15 is 0 Å². The lowest BCUT2D eigenvalue weighted by Gasteiger charge is -2.30. The predicted molar refractivity (Wildman–Crippen MR) is 177 cm³/mol. The van der Waals surface area contributed by atoms with Gasteiger partial charge in [-0.1, -0.05) is 30.3 Å². The quantitative estimate of drug-likeness (QED) is 0.131. The Morgan fingerprint density at radius 2 is 1.14 bits per heavy atom. The number of rotatable bonds is 12. The number of carbonyl (C=O) groups excluding carboxylic acids is 4. The number of carboxylic acid groups (broad SMARTS) is 2. The molecule has 1 fully saturated rings. The molecule has 4 aromatic rings. The van der Waals surface area contributed by atoms with Gasteiger partial charge in [0.1, 0.15) is 23.6 Å². The second-order valence-corrected chi connectivity index (χ2v) is 11.2.